The molecule has 1 aromatic carbocycles. The summed E-state index contributed by atoms with van der Waals surface area (Å²) in [6.07, 6.45) is 0.180. The first kappa shape index (κ1) is 30.6. The average Bonchev–Trinajstić information content (AvgIpc) is 2.79. The number of rotatable bonds is 15. The number of amides is 4. The monoisotopic (exact) mass is 505 g/mol. The maximum absolute atomic E-state index is 13.1. The second-order valence-electron chi connectivity index (χ2n) is 9.62. The third-order valence-electron chi connectivity index (χ3n) is 5.52. The van der Waals surface area contributed by atoms with E-state index in [9.17, 15) is 29.1 Å². The lowest BCUT2D eigenvalue weighted by molar-refractivity contribution is -0.143. The molecular weight excluding hydrogens is 466 g/mol. The maximum Gasteiger partial charge on any atom is 0.326 e. The minimum absolute atomic E-state index is 0.0204. The van der Waals surface area contributed by atoms with E-state index in [4.69, 9.17) is 11.5 Å². The van der Waals surface area contributed by atoms with Crippen LogP contribution in [-0.2, 0) is 30.4 Å². The van der Waals surface area contributed by atoms with E-state index < -0.39 is 59.7 Å². The molecule has 0 aliphatic carbocycles. The van der Waals surface area contributed by atoms with Gasteiger partial charge < -0.3 is 32.5 Å². The van der Waals surface area contributed by atoms with Gasteiger partial charge in [-0.15, -0.1) is 0 Å². The molecule has 36 heavy (non-hydrogen) atoms. The van der Waals surface area contributed by atoms with Crippen LogP contribution in [0.2, 0.25) is 0 Å². The van der Waals surface area contributed by atoms with Gasteiger partial charge in [-0.3, -0.25) is 19.2 Å². The van der Waals surface area contributed by atoms with Gasteiger partial charge in [-0.05, 0) is 36.7 Å². The Morgan fingerprint density at radius 3 is 1.94 bits per heavy atom. The Morgan fingerprint density at radius 1 is 0.861 bits per heavy atom. The van der Waals surface area contributed by atoms with Crippen molar-refractivity contribution in [3.63, 3.8) is 0 Å². The number of aliphatic carboxylic acids is 1. The molecule has 0 saturated carbocycles. The maximum atomic E-state index is 13.1. The van der Waals surface area contributed by atoms with Crippen LogP contribution in [0.1, 0.15) is 52.5 Å². The summed E-state index contributed by atoms with van der Waals surface area (Å²) in [5.74, 6) is -4.18. The number of nitrogens with one attached hydrogen (secondary N) is 3. The normalized spacial score (nSPS) is 14.4. The Kier molecular flexibility index (Phi) is 12.6. The van der Waals surface area contributed by atoms with Crippen molar-refractivity contribution in [2.24, 2.45) is 23.3 Å². The Balaban J connectivity index is 2.96. The van der Waals surface area contributed by atoms with Crippen molar-refractivity contribution in [2.45, 2.75) is 77.5 Å². The molecule has 4 atom stereocenters. The van der Waals surface area contributed by atoms with Gasteiger partial charge in [-0.25, -0.2) is 4.79 Å². The fourth-order valence-electron chi connectivity index (χ4n) is 3.54. The van der Waals surface area contributed by atoms with Gasteiger partial charge in [0, 0.05) is 6.42 Å². The number of carboxylic acid groups (broad SMARTS) is 1. The van der Waals surface area contributed by atoms with Crippen molar-refractivity contribution >= 4 is 29.6 Å². The number of primary amides is 1. The van der Waals surface area contributed by atoms with Gasteiger partial charge in [0.1, 0.15) is 18.1 Å². The van der Waals surface area contributed by atoms with Gasteiger partial charge in [0.25, 0.3) is 0 Å². The predicted molar refractivity (Wildman–Crippen MR) is 134 cm³/mol. The molecule has 0 fully saturated rings. The summed E-state index contributed by atoms with van der Waals surface area (Å²) in [4.78, 5) is 61.5. The molecule has 0 aliphatic rings. The molecule has 0 saturated heterocycles. The molecule has 1 aromatic rings. The number of benzene rings is 1. The van der Waals surface area contributed by atoms with Crippen LogP contribution in [-0.4, -0.2) is 58.9 Å². The second kappa shape index (κ2) is 14.8. The zero-order valence-electron chi connectivity index (χ0n) is 21.3. The molecule has 4 unspecified atom stereocenters. The molecule has 0 aliphatic heterocycles. The van der Waals surface area contributed by atoms with Crippen LogP contribution >= 0.6 is 0 Å². The Bertz CT molecular complexity index is 905. The van der Waals surface area contributed by atoms with Gasteiger partial charge in [0.15, 0.2) is 0 Å². The molecule has 4 amide bonds. The van der Waals surface area contributed by atoms with Gasteiger partial charge in [-0.2, -0.15) is 0 Å². The molecule has 0 aromatic heterocycles. The van der Waals surface area contributed by atoms with Crippen LogP contribution in [0.4, 0.5) is 0 Å². The molecule has 0 bridgehead atoms. The number of carbonyl (C=O) groups is 5. The average molecular weight is 506 g/mol. The van der Waals surface area contributed by atoms with E-state index in [1.807, 2.05) is 44.2 Å². The van der Waals surface area contributed by atoms with Crippen LogP contribution < -0.4 is 27.4 Å². The summed E-state index contributed by atoms with van der Waals surface area (Å²) >= 11 is 0. The van der Waals surface area contributed by atoms with Crippen molar-refractivity contribution in [2.75, 3.05) is 0 Å². The van der Waals surface area contributed by atoms with E-state index in [1.54, 1.807) is 13.8 Å². The van der Waals surface area contributed by atoms with Gasteiger partial charge >= 0.3 is 5.97 Å². The van der Waals surface area contributed by atoms with E-state index in [-0.39, 0.29) is 31.6 Å². The largest absolute Gasteiger partial charge is 0.480 e. The van der Waals surface area contributed by atoms with Crippen LogP contribution in [0.15, 0.2) is 30.3 Å². The van der Waals surface area contributed by atoms with Crippen molar-refractivity contribution in [3.05, 3.63) is 35.9 Å². The molecule has 0 spiro atoms. The predicted octanol–water partition coefficient (Wildman–Crippen LogP) is 0.0630. The van der Waals surface area contributed by atoms with Crippen LogP contribution in [0.5, 0.6) is 0 Å². The molecule has 0 radical (unpaired) electrons. The molecule has 200 valence electrons. The van der Waals surface area contributed by atoms with E-state index in [2.05, 4.69) is 16.0 Å². The summed E-state index contributed by atoms with van der Waals surface area (Å²) in [6, 6.07) is 4.79. The van der Waals surface area contributed by atoms with Crippen molar-refractivity contribution in [1.82, 2.24) is 16.0 Å². The van der Waals surface area contributed by atoms with Crippen LogP contribution in [0.25, 0.3) is 0 Å². The summed E-state index contributed by atoms with van der Waals surface area (Å²) in [7, 11) is 0. The first-order valence-electron chi connectivity index (χ1n) is 12.0. The van der Waals surface area contributed by atoms with Crippen molar-refractivity contribution < 1.29 is 29.1 Å². The smallest absolute Gasteiger partial charge is 0.326 e. The number of hydrogen-bond acceptors (Lipinski definition) is 6. The summed E-state index contributed by atoms with van der Waals surface area (Å²) in [5.41, 5.74) is 12.1. The van der Waals surface area contributed by atoms with Gasteiger partial charge in [-0.1, -0.05) is 58.0 Å². The molecule has 11 heteroatoms. The standard InChI is InChI=1S/C25H39N5O6/c1-14(2)12-19(25(35)36)29-24(34)21(15(3)4)30-23(33)18(10-11-20(27)31)28-22(32)17(26)13-16-8-6-5-7-9-16/h5-9,14-15,17-19,21H,10-13,26H2,1-4H3,(H2,27,31)(H,28,32)(H,29,34)(H,30,33)(H,35,36). The molecule has 0 heterocycles. The summed E-state index contributed by atoms with van der Waals surface area (Å²) in [5, 5.41) is 17.0. The highest BCUT2D eigenvalue weighted by Crippen LogP contribution is 2.09. The third kappa shape index (κ3) is 10.9. The SMILES string of the molecule is CC(C)CC(NC(=O)C(NC(=O)C(CCC(N)=O)NC(=O)C(N)Cc1ccccc1)C(C)C)C(=O)O. The van der Waals surface area contributed by atoms with Gasteiger partial charge in [0.05, 0.1) is 6.04 Å². The number of hydrogen-bond donors (Lipinski definition) is 6. The Hall–Kier alpha value is -3.47. The topological polar surface area (TPSA) is 194 Å². The molecule has 1 rings (SSSR count). The molecule has 11 nitrogen and oxygen atoms in total. The minimum Gasteiger partial charge on any atom is -0.480 e. The Labute approximate surface area is 211 Å². The van der Waals surface area contributed by atoms with Gasteiger partial charge in [0.2, 0.25) is 23.6 Å². The van der Waals surface area contributed by atoms with E-state index in [1.165, 1.54) is 0 Å². The highest BCUT2D eigenvalue weighted by Gasteiger charge is 2.32. The zero-order chi connectivity index (χ0) is 27.4. The quantitative estimate of drug-likeness (QED) is 0.194. The zero-order valence-corrected chi connectivity index (χ0v) is 21.3. The Morgan fingerprint density at radius 2 is 1.44 bits per heavy atom. The number of carboxylic acids is 1. The van der Waals surface area contributed by atoms with Crippen LogP contribution in [0, 0.1) is 11.8 Å². The van der Waals surface area contributed by atoms with E-state index in [0.717, 1.165) is 5.56 Å². The lowest BCUT2D eigenvalue weighted by atomic mass is 9.99. The van der Waals surface area contributed by atoms with Crippen molar-refractivity contribution in [1.29, 1.82) is 0 Å². The van der Waals surface area contributed by atoms with Crippen LogP contribution in [0.3, 0.4) is 0 Å². The lowest BCUT2D eigenvalue weighted by Gasteiger charge is -2.27. The highest BCUT2D eigenvalue weighted by atomic mass is 16.4. The molecular formula is C25H39N5O6. The molecule has 8 N–H and O–H groups in total. The number of carbonyl (C=O) groups excluding carboxylic acids is 4. The number of nitrogens with two attached hydrogens (primary N) is 2. The summed E-state index contributed by atoms with van der Waals surface area (Å²) < 4.78 is 0. The summed E-state index contributed by atoms with van der Waals surface area (Å²) in [6.45, 7) is 7.04. The van der Waals surface area contributed by atoms with E-state index in [0.29, 0.717) is 0 Å². The minimum atomic E-state index is -1.18. The fraction of sp³-hybridized carbons (Fsp3) is 0.560. The van der Waals surface area contributed by atoms with E-state index >= 15 is 0 Å². The lowest BCUT2D eigenvalue weighted by Crippen LogP contribution is -2.58. The highest BCUT2D eigenvalue weighted by molar-refractivity contribution is 5.94. The first-order valence-corrected chi connectivity index (χ1v) is 12.0. The fourth-order valence-corrected chi connectivity index (χ4v) is 3.54. The third-order valence-corrected chi connectivity index (χ3v) is 5.52. The van der Waals surface area contributed by atoms with Crippen molar-refractivity contribution in [3.8, 4) is 0 Å². The first-order chi connectivity index (χ1) is 16.8. The second-order valence-corrected chi connectivity index (χ2v) is 9.62.